The van der Waals surface area contributed by atoms with Crippen LogP contribution in [0.2, 0.25) is 0 Å². The number of hydrogen-bond acceptors (Lipinski definition) is 4. The van der Waals surface area contributed by atoms with Gasteiger partial charge in [0.05, 0.1) is 29.2 Å². The molecule has 0 N–H and O–H groups in total. The SMILES string of the molecule is Cc1c(C(=O)N2CCCC2c2nnc3ccccn23)cnn1-c1ccc(F)cc1. The van der Waals surface area contributed by atoms with E-state index in [0.29, 0.717) is 17.8 Å². The van der Waals surface area contributed by atoms with Crippen molar-refractivity contribution in [2.45, 2.75) is 25.8 Å². The molecule has 146 valence electrons. The van der Waals surface area contributed by atoms with E-state index in [-0.39, 0.29) is 17.8 Å². The highest BCUT2D eigenvalue weighted by atomic mass is 19.1. The third kappa shape index (κ3) is 2.88. The Morgan fingerprint density at radius 1 is 1.14 bits per heavy atom. The second-order valence-corrected chi connectivity index (χ2v) is 7.18. The lowest BCUT2D eigenvalue weighted by molar-refractivity contribution is 0.0728. The van der Waals surface area contributed by atoms with Gasteiger partial charge < -0.3 is 4.90 Å². The molecule has 4 aromatic rings. The first kappa shape index (κ1) is 17.5. The summed E-state index contributed by atoms with van der Waals surface area (Å²) in [7, 11) is 0. The third-order valence-corrected chi connectivity index (χ3v) is 5.46. The molecule has 8 heteroatoms. The lowest BCUT2D eigenvalue weighted by Crippen LogP contribution is -2.31. The van der Waals surface area contributed by atoms with Gasteiger partial charge in [-0.25, -0.2) is 9.07 Å². The summed E-state index contributed by atoms with van der Waals surface area (Å²) in [5.41, 5.74) is 2.74. The van der Waals surface area contributed by atoms with Gasteiger partial charge in [-0.3, -0.25) is 9.20 Å². The van der Waals surface area contributed by atoms with E-state index in [1.807, 2.05) is 40.6 Å². The maximum absolute atomic E-state index is 13.4. The number of fused-ring (bicyclic) bond motifs is 1. The number of aromatic nitrogens is 5. The summed E-state index contributed by atoms with van der Waals surface area (Å²) in [5, 5.41) is 12.9. The molecule has 3 aromatic heterocycles. The number of carbonyl (C=O) groups is 1. The molecule has 1 unspecified atom stereocenters. The summed E-state index contributed by atoms with van der Waals surface area (Å²) in [5.74, 6) is 0.386. The molecule has 1 saturated heterocycles. The van der Waals surface area contributed by atoms with Gasteiger partial charge in [0.2, 0.25) is 0 Å². The zero-order chi connectivity index (χ0) is 20.0. The van der Waals surface area contributed by atoms with Crippen LogP contribution in [0.25, 0.3) is 11.3 Å². The number of benzene rings is 1. The fraction of sp³-hybridized carbons (Fsp3) is 0.238. The molecular weight excluding hydrogens is 371 g/mol. The fourth-order valence-corrected chi connectivity index (χ4v) is 3.98. The van der Waals surface area contributed by atoms with Crippen molar-refractivity contribution in [3.63, 3.8) is 0 Å². The molecule has 7 nitrogen and oxygen atoms in total. The first-order valence-electron chi connectivity index (χ1n) is 9.54. The van der Waals surface area contributed by atoms with Gasteiger partial charge in [-0.05, 0) is 56.2 Å². The van der Waals surface area contributed by atoms with Crippen LogP contribution in [0.1, 0.15) is 40.8 Å². The number of hydrogen-bond donors (Lipinski definition) is 0. The molecule has 0 bridgehead atoms. The van der Waals surface area contributed by atoms with Crippen molar-refractivity contribution in [2.75, 3.05) is 6.54 Å². The molecule has 29 heavy (non-hydrogen) atoms. The van der Waals surface area contributed by atoms with Crippen molar-refractivity contribution in [3.05, 3.63) is 77.8 Å². The van der Waals surface area contributed by atoms with Crippen LogP contribution in [0.15, 0.2) is 54.9 Å². The molecule has 1 aliphatic rings. The van der Waals surface area contributed by atoms with Gasteiger partial charge in [0.25, 0.3) is 5.91 Å². The number of carbonyl (C=O) groups excluding carboxylic acids is 1. The Morgan fingerprint density at radius 3 is 2.79 bits per heavy atom. The average molecular weight is 390 g/mol. The van der Waals surface area contributed by atoms with E-state index in [4.69, 9.17) is 0 Å². The molecular formula is C21H19FN6O. The summed E-state index contributed by atoms with van der Waals surface area (Å²) >= 11 is 0. The highest BCUT2D eigenvalue weighted by Gasteiger charge is 2.35. The van der Waals surface area contributed by atoms with Crippen LogP contribution in [0.4, 0.5) is 4.39 Å². The monoisotopic (exact) mass is 390 g/mol. The lowest BCUT2D eigenvalue weighted by atomic mass is 10.1. The van der Waals surface area contributed by atoms with Crippen LogP contribution in [0.3, 0.4) is 0 Å². The Kier molecular flexibility index (Phi) is 4.12. The number of nitrogens with zero attached hydrogens (tertiary/aromatic N) is 6. The van der Waals surface area contributed by atoms with Crippen molar-refractivity contribution < 1.29 is 9.18 Å². The Hall–Kier alpha value is -3.55. The van der Waals surface area contributed by atoms with Gasteiger partial charge in [-0.15, -0.1) is 10.2 Å². The molecule has 0 spiro atoms. The Balaban J connectivity index is 1.48. The minimum absolute atomic E-state index is 0.0777. The molecule has 0 radical (unpaired) electrons. The molecule has 1 atom stereocenters. The summed E-state index contributed by atoms with van der Waals surface area (Å²) < 4.78 is 16.8. The van der Waals surface area contributed by atoms with Crippen LogP contribution >= 0.6 is 0 Å². The number of likely N-dealkylation sites (tertiary alicyclic amines) is 1. The highest BCUT2D eigenvalue weighted by molar-refractivity contribution is 5.95. The summed E-state index contributed by atoms with van der Waals surface area (Å²) in [6.07, 6.45) is 5.25. The van der Waals surface area contributed by atoms with Gasteiger partial charge in [-0.1, -0.05) is 6.07 Å². The van der Waals surface area contributed by atoms with Crippen LogP contribution < -0.4 is 0 Å². The van der Waals surface area contributed by atoms with Crippen LogP contribution in [0.5, 0.6) is 0 Å². The number of rotatable bonds is 3. The largest absolute Gasteiger partial charge is 0.328 e. The van der Waals surface area contributed by atoms with Crippen molar-refractivity contribution >= 4 is 11.6 Å². The summed E-state index contributed by atoms with van der Waals surface area (Å²) in [4.78, 5) is 15.2. The Morgan fingerprint density at radius 2 is 1.97 bits per heavy atom. The zero-order valence-electron chi connectivity index (χ0n) is 15.9. The van der Waals surface area contributed by atoms with Crippen molar-refractivity contribution in [1.29, 1.82) is 0 Å². The summed E-state index contributed by atoms with van der Waals surface area (Å²) in [6.45, 7) is 2.51. The molecule has 4 heterocycles. The first-order valence-corrected chi connectivity index (χ1v) is 9.54. The Labute approximate surface area is 166 Å². The average Bonchev–Trinajstić information content (AvgIpc) is 3.46. The molecule has 1 aromatic carbocycles. The highest BCUT2D eigenvalue weighted by Crippen LogP contribution is 2.33. The lowest BCUT2D eigenvalue weighted by Gasteiger charge is -2.23. The second kappa shape index (κ2) is 6.80. The molecule has 0 aliphatic carbocycles. The van der Waals surface area contributed by atoms with E-state index in [0.717, 1.165) is 30.0 Å². The maximum Gasteiger partial charge on any atom is 0.257 e. The topological polar surface area (TPSA) is 68.3 Å². The molecule has 5 rings (SSSR count). The standard InChI is InChI=1S/C21H19FN6O/c1-14-17(13-23-28(14)16-9-7-15(22)8-10-16)21(29)26-12-4-5-18(26)20-25-24-19-6-2-3-11-27(19)20/h2-3,6-11,13,18H,4-5,12H2,1H3. The zero-order valence-corrected chi connectivity index (χ0v) is 15.9. The number of halogens is 1. The Bertz CT molecular complexity index is 1200. The van der Waals surface area contributed by atoms with Gasteiger partial charge in [-0.2, -0.15) is 5.10 Å². The van der Waals surface area contributed by atoms with E-state index in [9.17, 15) is 9.18 Å². The minimum atomic E-state index is -0.310. The smallest absolute Gasteiger partial charge is 0.257 e. The molecule has 1 aliphatic heterocycles. The van der Waals surface area contributed by atoms with E-state index in [2.05, 4.69) is 15.3 Å². The first-order chi connectivity index (χ1) is 14.1. The fourth-order valence-electron chi connectivity index (χ4n) is 3.98. The number of pyridine rings is 1. The van der Waals surface area contributed by atoms with Crippen LogP contribution in [0, 0.1) is 12.7 Å². The van der Waals surface area contributed by atoms with Gasteiger partial charge in [0.1, 0.15) is 5.82 Å². The molecule has 1 fully saturated rings. The predicted molar refractivity (Wildman–Crippen MR) is 104 cm³/mol. The van der Waals surface area contributed by atoms with Gasteiger partial charge >= 0.3 is 0 Å². The molecule has 0 saturated carbocycles. The second-order valence-electron chi connectivity index (χ2n) is 7.18. The predicted octanol–water partition coefficient (Wildman–Crippen LogP) is 3.34. The summed E-state index contributed by atoms with van der Waals surface area (Å²) in [6, 6.07) is 11.7. The van der Waals surface area contributed by atoms with E-state index >= 15 is 0 Å². The van der Waals surface area contributed by atoms with Gasteiger partial charge in [0.15, 0.2) is 11.5 Å². The molecule has 1 amide bonds. The van der Waals surface area contributed by atoms with Gasteiger partial charge in [0, 0.05) is 12.7 Å². The van der Waals surface area contributed by atoms with E-state index < -0.39 is 0 Å². The normalized spacial score (nSPS) is 16.6. The van der Waals surface area contributed by atoms with Crippen LogP contribution in [-0.4, -0.2) is 41.7 Å². The van der Waals surface area contributed by atoms with E-state index in [1.165, 1.54) is 12.1 Å². The van der Waals surface area contributed by atoms with Crippen molar-refractivity contribution in [3.8, 4) is 5.69 Å². The quantitative estimate of drug-likeness (QED) is 0.538. The third-order valence-electron chi connectivity index (χ3n) is 5.46. The number of amides is 1. The maximum atomic E-state index is 13.4. The minimum Gasteiger partial charge on any atom is -0.328 e. The van der Waals surface area contributed by atoms with Crippen LogP contribution in [-0.2, 0) is 0 Å². The van der Waals surface area contributed by atoms with Crippen molar-refractivity contribution in [2.24, 2.45) is 0 Å². The van der Waals surface area contributed by atoms with Crippen molar-refractivity contribution in [1.82, 2.24) is 29.3 Å². The van der Waals surface area contributed by atoms with E-state index in [1.54, 1.807) is 23.0 Å².